The Bertz CT molecular complexity index is 858. The van der Waals surface area contributed by atoms with Crippen molar-refractivity contribution in [3.8, 4) is 0 Å². The molecule has 0 bridgehead atoms. The molecule has 2 aromatic carbocycles. The maximum absolute atomic E-state index is 13.0. The lowest BCUT2D eigenvalue weighted by atomic mass is 9.96. The SMILES string of the molecule is O=C(NCC1(c2ccc(F)cc2)CC1)c1ccc(S(=O)(=O)F)cc1. The van der Waals surface area contributed by atoms with E-state index in [0.717, 1.165) is 30.5 Å². The lowest BCUT2D eigenvalue weighted by molar-refractivity contribution is 0.0949. The molecule has 7 heteroatoms. The van der Waals surface area contributed by atoms with E-state index in [1.54, 1.807) is 12.1 Å². The van der Waals surface area contributed by atoms with E-state index in [9.17, 15) is 21.5 Å². The zero-order valence-corrected chi connectivity index (χ0v) is 13.4. The summed E-state index contributed by atoms with van der Waals surface area (Å²) in [7, 11) is -4.77. The van der Waals surface area contributed by atoms with Crippen LogP contribution in [0.5, 0.6) is 0 Å². The molecule has 24 heavy (non-hydrogen) atoms. The molecule has 0 aromatic heterocycles. The predicted octanol–water partition coefficient (Wildman–Crippen LogP) is 2.95. The molecule has 1 amide bonds. The Kier molecular flexibility index (Phi) is 4.13. The van der Waals surface area contributed by atoms with Gasteiger partial charge in [0.2, 0.25) is 0 Å². The van der Waals surface area contributed by atoms with Crippen LogP contribution < -0.4 is 5.32 Å². The van der Waals surface area contributed by atoms with Crippen molar-refractivity contribution in [2.24, 2.45) is 0 Å². The Morgan fingerprint density at radius 1 is 1.04 bits per heavy atom. The van der Waals surface area contributed by atoms with Gasteiger partial charge >= 0.3 is 10.2 Å². The highest BCUT2D eigenvalue weighted by atomic mass is 32.3. The van der Waals surface area contributed by atoms with Crippen LogP contribution >= 0.6 is 0 Å². The Morgan fingerprint density at radius 3 is 2.12 bits per heavy atom. The minimum absolute atomic E-state index is 0.175. The number of carbonyl (C=O) groups is 1. The topological polar surface area (TPSA) is 63.2 Å². The second-order valence-electron chi connectivity index (χ2n) is 5.93. The molecular weight excluding hydrogens is 336 g/mol. The van der Waals surface area contributed by atoms with Crippen molar-refractivity contribution >= 4 is 16.1 Å². The molecule has 1 N–H and O–H groups in total. The van der Waals surface area contributed by atoms with Crippen molar-refractivity contribution in [1.29, 1.82) is 0 Å². The van der Waals surface area contributed by atoms with Gasteiger partial charge in [-0.2, -0.15) is 8.42 Å². The van der Waals surface area contributed by atoms with Crippen LogP contribution in [0.25, 0.3) is 0 Å². The molecule has 0 atom stereocenters. The lowest BCUT2D eigenvalue weighted by Gasteiger charge is -2.16. The van der Waals surface area contributed by atoms with Crippen LogP contribution in [0.4, 0.5) is 8.28 Å². The zero-order valence-electron chi connectivity index (χ0n) is 12.6. The highest BCUT2D eigenvalue weighted by molar-refractivity contribution is 7.86. The van der Waals surface area contributed by atoms with Crippen molar-refractivity contribution in [1.82, 2.24) is 5.32 Å². The molecule has 0 radical (unpaired) electrons. The van der Waals surface area contributed by atoms with Crippen LogP contribution in [-0.4, -0.2) is 20.9 Å². The fourth-order valence-corrected chi connectivity index (χ4v) is 3.10. The highest BCUT2D eigenvalue weighted by Crippen LogP contribution is 2.47. The Hall–Kier alpha value is -2.28. The van der Waals surface area contributed by atoms with Crippen LogP contribution in [-0.2, 0) is 15.6 Å². The van der Waals surface area contributed by atoms with Gasteiger partial charge < -0.3 is 5.32 Å². The first-order valence-corrected chi connectivity index (χ1v) is 8.78. The van der Waals surface area contributed by atoms with Gasteiger partial charge in [-0.15, -0.1) is 3.89 Å². The minimum atomic E-state index is -4.77. The molecule has 4 nitrogen and oxygen atoms in total. The van der Waals surface area contributed by atoms with Crippen LogP contribution in [0.2, 0.25) is 0 Å². The second-order valence-corrected chi connectivity index (χ2v) is 7.28. The molecule has 1 aliphatic rings. The third-order valence-electron chi connectivity index (χ3n) is 4.30. The molecule has 126 valence electrons. The largest absolute Gasteiger partial charge is 0.351 e. The quantitative estimate of drug-likeness (QED) is 0.843. The second kappa shape index (κ2) is 5.98. The highest BCUT2D eigenvalue weighted by Gasteiger charge is 2.44. The molecule has 0 saturated heterocycles. The van der Waals surface area contributed by atoms with Crippen molar-refractivity contribution in [2.75, 3.05) is 6.54 Å². The summed E-state index contributed by atoms with van der Waals surface area (Å²) in [5.41, 5.74) is 1.05. The van der Waals surface area contributed by atoms with Gasteiger partial charge in [-0.3, -0.25) is 4.79 Å². The summed E-state index contributed by atoms with van der Waals surface area (Å²) in [4.78, 5) is 11.7. The van der Waals surface area contributed by atoms with Gasteiger partial charge in [0.05, 0.1) is 4.90 Å². The average Bonchev–Trinajstić information content (AvgIpc) is 3.34. The standard InChI is InChI=1S/C17H15F2NO3S/c18-14-5-3-13(4-6-14)17(9-10-17)11-20-16(21)12-1-7-15(8-2-12)24(19,22)23/h1-8H,9-11H2,(H,20,21). The summed E-state index contributed by atoms with van der Waals surface area (Å²) in [6, 6.07) is 10.9. The minimum Gasteiger partial charge on any atom is -0.351 e. The van der Waals surface area contributed by atoms with Gasteiger partial charge in [0.25, 0.3) is 5.91 Å². The molecule has 0 unspecified atom stereocenters. The van der Waals surface area contributed by atoms with Gasteiger partial charge in [0.15, 0.2) is 0 Å². The Balaban J connectivity index is 1.66. The summed E-state index contributed by atoms with van der Waals surface area (Å²) in [5.74, 6) is -0.673. The van der Waals surface area contributed by atoms with Crippen molar-refractivity contribution in [3.63, 3.8) is 0 Å². The smallest absolute Gasteiger partial charge is 0.332 e. The summed E-state index contributed by atoms with van der Waals surface area (Å²) in [6.45, 7) is 0.403. The molecule has 0 heterocycles. The number of hydrogen-bond acceptors (Lipinski definition) is 3. The van der Waals surface area contributed by atoms with Gasteiger partial charge in [-0.1, -0.05) is 12.1 Å². The zero-order chi connectivity index (χ0) is 17.4. The van der Waals surface area contributed by atoms with Gasteiger partial charge in [0, 0.05) is 17.5 Å². The first-order chi connectivity index (χ1) is 11.3. The van der Waals surface area contributed by atoms with Crippen LogP contribution in [0.1, 0.15) is 28.8 Å². The monoisotopic (exact) mass is 351 g/mol. The number of rotatable bonds is 5. The Morgan fingerprint density at radius 2 is 1.62 bits per heavy atom. The third kappa shape index (κ3) is 3.46. The fraction of sp³-hybridized carbons (Fsp3) is 0.235. The number of amides is 1. The van der Waals surface area contributed by atoms with E-state index < -0.39 is 15.1 Å². The molecule has 3 rings (SSSR count). The van der Waals surface area contributed by atoms with Crippen LogP contribution in [0.3, 0.4) is 0 Å². The van der Waals surface area contributed by atoms with Crippen molar-refractivity contribution in [2.45, 2.75) is 23.2 Å². The van der Waals surface area contributed by atoms with E-state index >= 15 is 0 Å². The maximum Gasteiger partial charge on any atom is 0.332 e. The molecule has 0 spiro atoms. The average molecular weight is 351 g/mol. The number of carbonyl (C=O) groups excluding carboxylic acids is 1. The molecule has 2 aromatic rings. The maximum atomic E-state index is 13.0. The number of halogens is 2. The van der Waals surface area contributed by atoms with Gasteiger partial charge in [0.1, 0.15) is 5.82 Å². The van der Waals surface area contributed by atoms with Crippen molar-refractivity contribution in [3.05, 3.63) is 65.5 Å². The number of nitrogens with one attached hydrogen (secondary N) is 1. The van der Waals surface area contributed by atoms with E-state index in [-0.39, 0.29) is 22.7 Å². The van der Waals surface area contributed by atoms with Crippen molar-refractivity contribution < 1.29 is 21.5 Å². The summed E-state index contributed by atoms with van der Waals surface area (Å²) >= 11 is 0. The predicted molar refractivity (Wildman–Crippen MR) is 84.4 cm³/mol. The molecular formula is C17H15F2NO3S. The molecule has 1 aliphatic carbocycles. The summed E-state index contributed by atoms with van der Waals surface area (Å²) in [5, 5.41) is 2.80. The van der Waals surface area contributed by atoms with E-state index in [2.05, 4.69) is 5.32 Å². The number of benzene rings is 2. The molecule has 1 saturated carbocycles. The van der Waals surface area contributed by atoms with E-state index in [4.69, 9.17) is 0 Å². The summed E-state index contributed by atoms with van der Waals surface area (Å²) in [6.07, 6.45) is 1.80. The first-order valence-electron chi connectivity index (χ1n) is 7.39. The van der Waals surface area contributed by atoms with Crippen LogP contribution in [0.15, 0.2) is 53.4 Å². The van der Waals surface area contributed by atoms with Gasteiger partial charge in [-0.25, -0.2) is 4.39 Å². The lowest BCUT2D eigenvalue weighted by Crippen LogP contribution is -2.32. The van der Waals surface area contributed by atoms with E-state index in [0.29, 0.717) is 6.54 Å². The molecule has 0 aliphatic heterocycles. The number of hydrogen-bond donors (Lipinski definition) is 1. The molecule has 1 fully saturated rings. The summed E-state index contributed by atoms with van der Waals surface area (Å²) < 4.78 is 47.4. The fourth-order valence-electron chi connectivity index (χ4n) is 2.64. The van der Waals surface area contributed by atoms with Gasteiger partial charge in [-0.05, 0) is 54.8 Å². The van der Waals surface area contributed by atoms with Crippen LogP contribution in [0, 0.1) is 5.82 Å². The first kappa shape index (κ1) is 16.6. The van der Waals surface area contributed by atoms with E-state index in [1.165, 1.54) is 24.3 Å². The Labute approximate surface area is 138 Å². The third-order valence-corrected chi connectivity index (χ3v) is 5.13. The van der Waals surface area contributed by atoms with E-state index in [1.807, 2.05) is 0 Å². The normalized spacial score (nSPS) is 15.8.